The molecule has 3 aliphatic carbocycles. The molecule has 7 amide bonds. The monoisotopic (exact) mass is 2060 g/mol. The lowest BCUT2D eigenvalue weighted by molar-refractivity contribution is -0.134. The van der Waals surface area contributed by atoms with Gasteiger partial charge in [-0.25, -0.2) is 58.9 Å². The normalized spacial score (nSPS) is 18.2. The van der Waals surface area contributed by atoms with Gasteiger partial charge in [-0.3, -0.25) is 28.8 Å². The number of carboxylic acids is 1. The molecule has 3 aliphatic heterocycles. The van der Waals surface area contributed by atoms with Gasteiger partial charge in [0.05, 0.1) is 45.9 Å². The first-order valence-corrected chi connectivity index (χ1v) is 52.6. The highest BCUT2D eigenvalue weighted by atomic mass is 36.0. The molecule has 7 heterocycles. The van der Waals surface area contributed by atoms with Crippen LogP contribution in [0.15, 0.2) is 244 Å². The zero-order valence-corrected chi connectivity index (χ0v) is 84.3. The molecule has 143 heavy (non-hydrogen) atoms. The van der Waals surface area contributed by atoms with Crippen LogP contribution in [0, 0.1) is 23.4 Å². The first kappa shape index (κ1) is 109. The number of hydrogen-bond donors (Lipinski definition) is 4. The summed E-state index contributed by atoms with van der Waals surface area (Å²) in [5.74, 6) is -1.93. The molecule has 0 unspecified atom stereocenters. The fourth-order valence-electron chi connectivity index (χ4n) is 17.1. The number of nitrogens with two attached hydrogens (primary N) is 1. The quantitative estimate of drug-likeness (QED) is 0.0331. The van der Waals surface area contributed by atoms with Gasteiger partial charge in [-0.2, -0.15) is 20.4 Å². The molecule has 11 aromatic rings. The number of hydrogen-bond acceptors (Lipinski definition) is 19. The largest absolute Gasteiger partial charge is 0.478 e. The van der Waals surface area contributed by atoms with E-state index in [2.05, 4.69) is 52.4 Å². The van der Waals surface area contributed by atoms with Crippen molar-refractivity contribution in [2.75, 3.05) is 63.9 Å². The zero-order valence-electron chi connectivity index (χ0n) is 80.4. The lowest BCUT2D eigenvalue weighted by atomic mass is 10.0. The molecular weight excluding hydrogens is 1940 g/mol. The van der Waals surface area contributed by atoms with Crippen molar-refractivity contribution in [1.29, 1.82) is 0 Å². The topological polar surface area (TPSA) is 381 Å². The number of piperidine rings is 2. The van der Waals surface area contributed by atoms with Crippen LogP contribution >= 0.6 is 33.0 Å². The Kier molecular flexibility index (Phi) is 39.1. The van der Waals surface area contributed by atoms with Crippen molar-refractivity contribution in [3.63, 3.8) is 0 Å². The highest BCUT2D eigenvalue weighted by molar-refractivity contribution is 8.26. The molecule has 4 aromatic heterocycles. The van der Waals surface area contributed by atoms with Gasteiger partial charge in [0, 0.05) is 164 Å². The summed E-state index contributed by atoms with van der Waals surface area (Å²) in [6.07, 6.45) is 24.5. The van der Waals surface area contributed by atoms with Crippen molar-refractivity contribution in [3.8, 4) is 22.7 Å². The fraction of sp³-hybridized carbons (Fsp3) is 0.394. The predicted octanol–water partition coefficient (Wildman–Crippen LogP) is 17.2. The van der Waals surface area contributed by atoms with E-state index in [-0.39, 0.29) is 114 Å². The third kappa shape index (κ3) is 33.6. The number of carbonyl (C=O) groups is 9. The third-order valence-corrected chi connectivity index (χ3v) is 26.7. The van der Waals surface area contributed by atoms with Crippen molar-refractivity contribution in [3.05, 3.63) is 300 Å². The van der Waals surface area contributed by atoms with E-state index in [1.165, 1.54) is 36.4 Å². The number of amides is 7. The minimum atomic E-state index is -3.13. The SMILES string of the molecule is CC(C)(C)OC(=O)N(CC[C@H](N)C(=O)N1CCCCC1)[C@@H]1C[C@H]1c1ccc(F)cc1.CC(C)(C)OC(=O)N(CC[C@H](NC(=O)c1ccc(-n2cccn2)cc1)C(=O)N1CCCCC1)[C@@H]1C[C@H]1c1ccc(F)cc1.O=C(Cl)c1ccc(-n2cccn2)cc1.O=C(N[C@@H](CCC[C@@H]1C[C@H]1c1ccc(F)cc1)C(=O)N1CCS(=O)(=O)CC1)c1ccc(-n2cccn2)cc1.O=C(O)c1ccc(-n2cccn2)cc1.O=S(Cl)Cl. The van der Waals surface area contributed by atoms with E-state index in [0.29, 0.717) is 67.4 Å². The predicted molar refractivity (Wildman–Crippen MR) is 539 cm³/mol. The van der Waals surface area contributed by atoms with E-state index in [0.717, 1.165) is 117 Å². The number of ether oxygens (including phenoxy) is 2. The number of likely N-dealkylation sites (tertiary alicyclic amines) is 2. The summed E-state index contributed by atoms with van der Waals surface area (Å²) < 4.78 is 90.9. The van der Waals surface area contributed by atoms with Crippen LogP contribution in [-0.2, 0) is 42.9 Å². The summed E-state index contributed by atoms with van der Waals surface area (Å²) >= 11 is 5.32. The van der Waals surface area contributed by atoms with Gasteiger partial charge in [0.25, 0.3) is 17.1 Å². The number of carbonyl (C=O) groups excluding carboxylic acids is 8. The number of benzene rings is 7. The second kappa shape index (κ2) is 51.4. The van der Waals surface area contributed by atoms with Crippen molar-refractivity contribution in [2.45, 2.75) is 191 Å². The number of aromatic carboxylic acids is 1. The Morgan fingerprint density at radius 3 is 1.11 bits per heavy atom. The first-order chi connectivity index (χ1) is 68.3. The summed E-state index contributed by atoms with van der Waals surface area (Å²) in [5.41, 5.74) is 13.0. The van der Waals surface area contributed by atoms with E-state index >= 15 is 0 Å². The number of sulfone groups is 1. The summed E-state index contributed by atoms with van der Waals surface area (Å²) in [4.78, 5) is 122. The average Bonchev–Trinajstić information content (AvgIpc) is 1.62. The van der Waals surface area contributed by atoms with Crippen LogP contribution in [0.5, 0.6) is 0 Å². The van der Waals surface area contributed by atoms with Crippen LogP contribution in [0.4, 0.5) is 22.8 Å². The molecule has 5 N–H and O–H groups in total. The van der Waals surface area contributed by atoms with Gasteiger partial charge in [-0.15, -0.1) is 0 Å². The molecule has 6 aliphatic rings. The highest BCUT2D eigenvalue weighted by Crippen LogP contribution is 2.51. The average molecular weight is 2060 g/mol. The smallest absolute Gasteiger partial charge is 0.410 e. The van der Waals surface area contributed by atoms with Gasteiger partial charge in [0.15, 0.2) is 9.84 Å². The number of rotatable bonds is 28. The number of carboxylic acid groups (broad SMARTS) is 1. The van der Waals surface area contributed by atoms with Crippen LogP contribution < -0.4 is 16.4 Å². The highest BCUT2D eigenvalue weighted by Gasteiger charge is 2.48. The van der Waals surface area contributed by atoms with Gasteiger partial charge >= 0.3 is 18.2 Å². The van der Waals surface area contributed by atoms with Gasteiger partial charge in [0.1, 0.15) is 40.7 Å². The van der Waals surface area contributed by atoms with Gasteiger partial charge in [-0.05, 0) is 323 Å². The second-order valence-electron chi connectivity index (χ2n) is 37.6. The van der Waals surface area contributed by atoms with E-state index in [1.54, 1.807) is 186 Å². The van der Waals surface area contributed by atoms with Gasteiger partial charge < -0.3 is 55.4 Å². The third-order valence-electron chi connectivity index (χ3n) is 24.9. The maximum absolute atomic E-state index is 13.7. The molecular formula is C104H120Cl3F3N16O15S2. The van der Waals surface area contributed by atoms with Crippen LogP contribution in [0.25, 0.3) is 22.7 Å². The first-order valence-electron chi connectivity index (χ1n) is 47.6. The zero-order chi connectivity index (χ0) is 103. The summed E-state index contributed by atoms with van der Waals surface area (Å²) in [6, 6.07) is 51.8. The molecule has 31 nitrogen and oxygen atoms in total. The molecule has 39 heteroatoms. The number of nitrogens with zero attached hydrogens (tertiary/aromatic N) is 13. The molecule has 3 saturated heterocycles. The molecule has 0 radical (unpaired) electrons. The second-order valence-corrected chi connectivity index (χ2v) is 42.8. The Morgan fingerprint density at radius 2 is 0.776 bits per heavy atom. The van der Waals surface area contributed by atoms with E-state index in [9.17, 15) is 64.7 Å². The number of nitrogens with one attached hydrogen (secondary N) is 2. The summed E-state index contributed by atoms with van der Waals surface area (Å²) in [6.45, 7) is 14.6. The molecule has 760 valence electrons. The van der Waals surface area contributed by atoms with E-state index in [4.69, 9.17) is 36.1 Å². The lowest BCUT2D eigenvalue weighted by Gasteiger charge is -2.32. The van der Waals surface area contributed by atoms with Gasteiger partial charge in [0.2, 0.25) is 26.9 Å². The van der Waals surface area contributed by atoms with Crippen molar-refractivity contribution in [2.24, 2.45) is 11.7 Å². The minimum Gasteiger partial charge on any atom is -0.478 e. The standard InChI is InChI=1S/C33H40FN5O4.C28H31FN4O4S.C23H34FN3O3.C10H7ClN2O.C10H8N2O2.Cl2OS/c1-33(2,3)43-32(42)38(29-22-27(29)23-8-12-25(34)13-9-23)21-16-28(31(41)37-18-5-4-6-19-37)36-30(40)24-10-14-26(15-11-24)39-20-7-17-35-39;29-23-9-5-20(6-10-23)25-19-22(25)3-1-4-26(28(35)32-15-17-38(36,37)18-16-32)31-27(34)21-7-11-24(12-8-21)33-14-2-13-30-33;1-23(2,3)30-22(29)27(20-15-18(20)16-7-9-17(24)10-8-16)14-11-19(25)21(28)26-12-5-4-6-13-26;11-10(14)8-2-4-9(5-3-8)13-7-1-6-12-13;13-10(14)8-2-4-9(5-3-8)12-7-1-6-11-12;1-4(2)3/h7-15,17,20,27-29H,4-6,16,18-19,21-22H2,1-3H3,(H,36,40);2,5-14,22,25-26H,1,3-4,15-19H2,(H,31,34);7-10,18-20H,4-6,11-15,25H2,1-3H3;1-7H;1-7H,(H,13,14);/t27-,28-,29+;22-,25+,26+;18-,19-,20+;;;/m010.../s1. The Labute approximate surface area is 846 Å². The molecule has 7 aromatic carbocycles. The van der Waals surface area contributed by atoms with Crippen molar-refractivity contribution >= 4 is 105 Å². The van der Waals surface area contributed by atoms with E-state index in [1.807, 2.05) is 106 Å². The Balaban J connectivity index is 0.000000167. The Morgan fingerprint density at radius 1 is 0.455 bits per heavy atom. The number of halogens is 6. The maximum atomic E-state index is 13.7. The van der Waals surface area contributed by atoms with Crippen molar-refractivity contribution in [1.82, 2.24) is 74.3 Å². The van der Waals surface area contributed by atoms with E-state index < -0.39 is 71.8 Å². The van der Waals surface area contributed by atoms with Crippen LogP contribution in [-0.4, -0.2) is 240 Å². The van der Waals surface area contributed by atoms with Gasteiger partial charge in [-0.1, -0.05) is 42.8 Å². The van der Waals surface area contributed by atoms with Crippen LogP contribution in [0.1, 0.15) is 207 Å². The van der Waals surface area contributed by atoms with Crippen LogP contribution in [0.3, 0.4) is 0 Å². The lowest BCUT2D eigenvalue weighted by Crippen LogP contribution is -2.52. The summed E-state index contributed by atoms with van der Waals surface area (Å²) in [5, 5.41) is 30.6. The molecule has 0 spiro atoms. The molecule has 9 atom stereocenters. The Hall–Kier alpha value is -12.9. The molecule has 0 bridgehead atoms. The minimum absolute atomic E-state index is 0.0254. The van der Waals surface area contributed by atoms with Crippen molar-refractivity contribution < 1.29 is 83.5 Å². The fourth-order valence-corrected chi connectivity index (χ4v) is 18.4. The molecule has 17 rings (SSSR count). The Bertz CT molecular complexity index is 6040. The maximum Gasteiger partial charge on any atom is 0.410 e. The molecule has 6 fully saturated rings. The molecule has 3 saturated carbocycles. The number of aromatic nitrogens is 8. The summed E-state index contributed by atoms with van der Waals surface area (Å²) in [7, 11) is 4.23. The van der Waals surface area contributed by atoms with Crippen LogP contribution in [0.2, 0.25) is 0 Å².